The van der Waals surface area contributed by atoms with Crippen LogP contribution in [0.15, 0.2) is 11.6 Å². The zero-order valence-electron chi connectivity index (χ0n) is 8.89. The van der Waals surface area contributed by atoms with Gasteiger partial charge in [0, 0.05) is 0 Å². The molecule has 0 aliphatic heterocycles. The molecule has 0 aromatic rings. The fourth-order valence-electron chi connectivity index (χ4n) is 2.83. The van der Waals surface area contributed by atoms with Crippen LogP contribution >= 0.6 is 0 Å². The lowest BCUT2D eigenvalue weighted by Gasteiger charge is -2.04. The van der Waals surface area contributed by atoms with Gasteiger partial charge in [-0.25, -0.2) is 0 Å². The molecule has 0 bridgehead atoms. The normalized spacial score (nSPS) is 31.3. The molecule has 0 nitrogen and oxygen atoms in total. The van der Waals surface area contributed by atoms with Crippen molar-refractivity contribution in [3.8, 4) is 0 Å². The Morgan fingerprint density at radius 1 is 1.15 bits per heavy atom. The molecule has 0 heterocycles. The quantitative estimate of drug-likeness (QED) is 0.444. The van der Waals surface area contributed by atoms with Gasteiger partial charge in [0.25, 0.3) is 0 Å². The standard InChI is InChI=1S/C13H22/c1-2-3-4-5-8-11-12-9-6-7-10-13(11)12/h8,12-13H,2-7,9-10H2,1H3. The Kier molecular flexibility index (Phi) is 3.08. The van der Waals surface area contributed by atoms with Gasteiger partial charge in [0.05, 0.1) is 0 Å². The molecule has 0 saturated heterocycles. The minimum atomic E-state index is 1.05. The van der Waals surface area contributed by atoms with Crippen LogP contribution in [0.5, 0.6) is 0 Å². The topological polar surface area (TPSA) is 0 Å². The van der Waals surface area contributed by atoms with Crippen LogP contribution < -0.4 is 0 Å². The second-order valence-corrected chi connectivity index (χ2v) is 4.70. The highest BCUT2D eigenvalue weighted by atomic mass is 14.5. The van der Waals surface area contributed by atoms with Crippen molar-refractivity contribution in [2.75, 3.05) is 0 Å². The predicted molar refractivity (Wildman–Crippen MR) is 57.7 cm³/mol. The third-order valence-electron chi connectivity index (χ3n) is 3.70. The average molecular weight is 178 g/mol. The van der Waals surface area contributed by atoms with E-state index in [0.29, 0.717) is 0 Å². The van der Waals surface area contributed by atoms with Crippen LogP contribution in [0.1, 0.15) is 58.3 Å². The Morgan fingerprint density at radius 3 is 2.46 bits per heavy atom. The molecule has 13 heavy (non-hydrogen) atoms. The summed E-state index contributed by atoms with van der Waals surface area (Å²) in [7, 11) is 0. The maximum absolute atomic E-state index is 2.57. The first-order chi connectivity index (χ1) is 6.43. The second-order valence-electron chi connectivity index (χ2n) is 4.70. The zero-order chi connectivity index (χ0) is 9.10. The summed E-state index contributed by atoms with van der Waals surface area (Å²) in [6, 6.07) is 0. The van der Waals surface area contributed by atoms with E-state index in [1.54, 1.807) is 0 Å². The summed E-state index contributed by atoms with van der Waals surface area (Å²) in [4.78, 5) is 0. The highest BCUT2D eigenvalue weighted by Gasteiger charge is 2.43. The van der Waals surface area contributed by atoms with Gasteiger partial charge < -0.3 is 0 Å². The van der Waals surface area contributed by atoms with E-state index in [1.165, 1.54) is 51.4 Å². The van der Waals surface area contributed by atoms with Gasteiger partial charge in [0.2, 0.25) is 0 Å². The summed E-state index contributed by atoms with van der Waals surface area (Å²) in [5.74, 6) is 2.10. The van der Waals surface area contributed by atoms with Gasteiger partial charge in [-0.05, 0) is 37.5 Å². The molecule has 0 N–H and O–H groups in total. The molecule has 2 saturated carbocycles. The van der Waals surface area contributed by atoms with Gasteiger partial charge in [-0.3, -0.25) is 0 Å². The number of hydrogen-bond acceptors (Lipinski definition) is 0. The lowest BCUT2D eigenvalue weighted by Crippen LogP contribution is -1.91. The molecule has 2 rings (SSSR count). The molecule has 2 aliphatic carbocycles. The highest BCUT2D eigenvalue weighted by Crippen LogP contribution is 2.55. The molecule has 2 unspecified atom stereocenters. The largest absolute Gasteiger partial charge is 0.0847 e. The Labute approximate surface area is 82.4 Å². The Bertz CT molecular complexity index is 176. The second kappa shape index (κ2) is 4.30. The Hall–Kier alpha value is -0.260. The molecule has 2 fully saturated rings. The summed E-state index contributed by atoms with van der Waals surface area (Å²) >= 11 is 0. The third kappa shape index (κ3) is 2.15. The van der Waals surface area contributed by atoms with Gasteiger partial charge >= 0.3 is 0 Å². The molecule has 2 aliphatic rings. The number of allylic oxidation sites excluding steroid dienone is 2. The lowest BCUT2D eigenvalue weighted by molar-refractivity contribution is 0.480. The first-order valence-electron chi connectivity index (χ1n) is 6.13. The first-order valence-corrected chi connectivity index (χ1v) is 6.13. The van der Waals surface area contributed by atoms with Crippen molar-refractivity contribution >= 4 is 0 Å². The Balaban J connectivity index is 1.70. The summed E-state index contributed by atoms with van der Waals surface area (Å²) in [5, 5.41) is 0. The zero-order valence-corrected chi connectivity index (χ0v) is 8.89. The SMILES string of the molecule is CCCCCC=C1C2CCCCC12. The minimum Gasteiger partial charge on any atom is -0.0847 e. The van der Waals surface area contributed by atoms with Gasteiger partial charge in [0.15, 0.2) is 0 Å². The summed E-state index contributed by atoms with van der Waals surface area (Å²) < 4.78 is 0. The van der Waals surface area contributed by atoms with E-state index in [1.807, 2.05) is 5.57 Å². The predicted octanol–water partition coefficient (Wildman–Crippen LogP) is 4.31. The smallest absolute Gasteiger partial charge is 0.0134 e. The van der Waals surface area contributed by atoms with Crippen LogP contribution in [0.25, 0.3) is 0 Å². The third-order valence-corrected chi connectivity index (χ3v) is 3.70. The van der Waals surface area contributed by atoms with Gasteiger partial charge in [-0.15, -0.1) is 0 Å². The van der Waals surface area contributed by atoms with Crippen molar-refractivity contribution in [1.29, 1.82) is 0 Å². The average Bonchev–Trinajstić information content (AvgIpc) is 2.87. The van der Waals surface area contributed by atoms with Crippen molar-refractivity contribution in [2.24, 2.45) is 11.8 Å². The van der Waals surface area contributed by atoms with Crippen molar-refractivity contribution < 1.29 is 0 Å². The molecule has 0 spiro atoms. The van der Waals surface area contributed by atoms with Crippen molar-refractivity contribution in [2.45, 2.75) is 58.3 Å². The van der Waals surface area contributed by atoms with Crippen LogP contribution in [0.2, 0.25) is 0 Å². The van der Waals surface area contributed by atoms with Crippen LogP contribution in [0.4, 0.5) is 0 Å². The summed E-state index contributed by atoms with van der Waals surface area (Å²) in [6.45, 7) is 2.28. The van der Waals surface area contributed by atoms with Crippen LogP contribution in [-0.2, 0) is 0 Å². The molecular formula is C13H22. The lowest BCUT2D eigenvalue weighted by atomic mass is 10.0. The summed E-state index contributed by atoms with van der Waals surface area (Å²) in [6.07, 6.45) is 14.1. The molecule has 74 valence electrons. The van der Waals surface area contributed by atoms with Gasteiger partial charge in [-0.2, -0.15) is 0 Å². The fourth-order valence-corrected chi connectivity index (χ4v) is 2.83. The van der Waals surface area contributed by atoms with Crippen LogP contribution in [0.3, 0.4) is 0 Å². The fraction of sp³-hybridized carbons (Fsp3) is 0.846. The molecule has 0 amide bonds. The maximum Gasteiger partial charge on any atom is -0.0134 e. The van der Waals surface area contributed by atoms with E-state index in [9.17, 15) is 0 Å². The van der Waals surface area contributed by atoms with Crippen molar-refractivity contribution in [3.63, 3.8) is 0 Å². The van der Waals surface area contributed by atoms with E-state index < -0.39 is 0 Å². The molecule has 0 aromatic carbocycles. The van der Waals surface area contributed by atoms with Crippen molar-refractivity contribution in [3.05, 3.63) is 11.6 Å². The van der Waals surface area contributed by atoms with Crippen LogP contribution in [-0.4, -0.2) is 0 Å². The Morgan fingerprint density at radius 2 is 1.85 bits per heavy atom. The molecule has 0 radical (unpaired) electrons. The number of fused-ring (bicyclic) bond motifs is 1. The minimum absolute atomic E-state index is 1.05. The number of unbranched alkanes of at least 4 members (excludes halogenated alkanes) is 3. The van der Waals surface area contributed by atoms with E-state index in [-0.39, 0.29) is 0 Å². The van der Waals surface area contributed by atoms with Crippen molar-refractivity contribution in [1.82, 2.24) is 0 Å². The molecule has 0 heteroatoms. The molecule has 0 aromatic heterocycles. The van der Waals surface area contributed by atoms with E-state index in [4.69, 9.17) is 0 Å². The first kappa shape index (κ1) is 9.30. The maximum atomic E-state index is 2.57. The molecule has 2 atom stereocenters. The van der Waals surface area contributed by atoms with Gasteiger partial charge in [0.1, 0.15) is 0 Å². The number of rotatable bonds is 4. The van der Waals surface area contributed by atoms with E-state index in [2.05, 4.69) is 13.0 Å². The highest BCUT2D eigenvalue weighted by molar-refractivity contribution is 5.30. The van der Waals surface area contributed by atoms with Crippen LogP contribution in [0, 0.1) is 11.8 Å². The van der Waals surface area contributed by atoms with E-state index >= 15 is 0 Å². The monoisotopic (exact) mass is 178 g/mol. The molecular weight excluding hydrogens is 156 g/mol. The number of hydrogen-bond donors (Lipinski definition) is 0. The van der Waals surface area contributed by atoms with E-state index in [0.717, 1.165) is 11.8 Å². The van der Waals surface area contributed by atoms with Gasteiger partial charge in [-0.1, -0.05) is 44.3 Å². The summed E-state index contributed by atoms with van der Waals surface area (Å²) in [5.41, 5.74) is 1.84.